The number of furan rings is 1. The molecule has 156 valence electrons. The number of hydrogen-bond acceptors (Lipinski definition) is 9. The first-order valence-electron chi connectivity index (χ1n) is 9.49. The Labute approximate surface area is 176 Å². The van der Waals surface area contributed by atoms with E-state index in [9.17, 15) is 14.9 Å². The highest BCUT2D eigenvalue weighted by Gasteiger charge is 2.21. The Morgan fingerprint density at radius 2 is 1.90 bits per heavy atom. The van der Waals surface area contributed by atoms with Crippen molar-refractivity contribution in [1.82, 2.24) is 15.1 Å². The molecule has 10 nitrogen and oxygen atoms in total. The van der Waals surface area contributed by atoms with Gasteiger partial charge in [-0.2, -0.15) is 0 Å². The Morgan fingerprint density at radius 3 is 2.60 bits per heavy atom. The zero-order valence-corrected chi connectivity index (χ0v) is 16.8. The number of aromatic nitrogens is 2. The Morgan fingerprint density at radius 1 is 1.17 bits per heavy atom. The van der Waals surface area contributed by atoms with E-state index >= 15 is 0 Å². The van der Waals surface area contributed by atoms with Crippen LogP contribution in [0.3, 0.4) is 0 Å². The smallest absolute Gasteiger partial charge is 0.395 e. The lowest BCUT2D eigenvalue weighted by Gasteiger charge is -2.32. The van der Waals surface area contributed by atoms with Crippen molar-refractivity contribution < 1.29 is 14.1 Å². The van der Waals surface area contributed by atoms with Gasteiger partial charge in [0.2, 0.25) is 10.3 Å². The van der Waals surface area contributed by atoms with E-state index in [2.05, 4.69) is 50.0 Å². The number of benzene rings is 1. The molecular weight excluding hydrogens is 408 g/mol. The van der Waals surface area contributed by atoms with Crippen LogP contribution in [0, 0.1) is 10.1 Å². The molecule has 0 bridgehead atoms. The highest BCUT2D eigenvalue weighted by atomic mass is 32.1. The van der Waals surface area contributed by atoms with Gasteiger partial charge in [-0.3, -0.25) is 25.1 Å². The largest absolute Gasteiger partial charge is 0.433 e. The highest BCUT2D eigenvalue weighted by molar-refractivity contribution is 7.19. The maximum Gasteiger partial charge on any atom is 0.433 e. The highest BCUT2D eigenvalue weighted by Crippen LogP contribution is 2.25. The fraction of sp³-hybridized carbons (Fsp3) is 0.316. The predicted molar refractivity (Wildman–Crippen MR) is 112 cm³/mol. The molecule has 0 unspecified atom stereocenters. The van der Waals surface area contributed by atoms with Gasteiger partial charge in [0.1, 0.15) is 4.92 Å². The molecule has 2 N–H and O–H groups in total. The zero-order valence-electron chi connectivity index (χ0n) is 16.0. The molecule has 2 aromatic heterocycles. The van der Waals surface area contributed by atoms with Crippen molar-refractivity contribution in [2.24, 2.45) is 0 Å². The number of rotatable bonds is 7. The van der Waals surface area contributed by atoms with Crippen molar-refractivity contribution >= 4 is 33.4 Å². The van der Waals surface area contributed by atoms with Crippen LogP contribution in [0.4, 0.5) is 16.1 Å². The Hall–Kier alpha value is -3.31. The molecule has 30 heavy (non-hydrogen) atoms. The fourth-order valence-electron chi connectivity index (χ4n) is 3.29. The fourth-order valence-corrected chi connectivity index (χ4v) is 4.01. The predicted octanol–water partition coefficient (Wildman–Crippen LogP) is 3.37. The van der Waals surface area contributed by atoms with Crippen LogP contribution in [0.1, 0.15) is 29.0 Å². The van der Waals surface area contributed by atoms with Crippen molar-refractivity contribution in [3.8, 4) is 0 Å². The number of amides is 1. The Bertz CT molecular complexity index is 1010. The van der Waals surface area contributed by atoms with Crippen LogP contribution in [0.2, 0.25) is 0 Å². The van der Waals surface area contributed by atoms with Gasteiger partial charge < -0.3 is 9.73 Å². The Kier molecular flexibility index (Phi) is 6.00. The summed E-state index contributed by atoms with van der Waals surface area (Å²) < 4.78 is 4.89. The number of anilines is 2. The first-order chi connectivity index (χ1) is 14.6. The van der Waals surface area contributed by atoms with Gasteiger partial charge in [-0.15, -0.1) is 10.2 Å². The zero-order chi connectivity index (χ0) is 20.9. The summed E-state index contributed by atoms with van der Waals surface area (Å²) in [6.45, 7) is 2.94. The summed E-state index contributed by atoms with van der Waals surface area (Å²) in [5.74, 6) is -1.25. The standard InChI is InChI=1S/C19H20N6O4S/c26-17(15-6-7-16(29-15)25(27)28)21-19-23-22-18(30-19)20-14-8-10-24(11-9-14)12-13-4-2-1-3-5-13/h1-7,14H,8-12H2,(H,20,22)(H,21,23,26). The van der Waals surface area contributed by atoms with Gasteiger partial charge in [0.05, 0.1) is 6.07 Å². The minimum absolute atomic E-state index is 0.155. The third-order valence-corrected chi connectivity index (χ3v) is 5.58. The first-order valence-corrected chi connectivity index (χ1v) is 10.3. The lowest BCUT2D eigenvalue weighted by molar-refractivity contribution is -0.402. The molecule has 11 heteroatoms. The molecule has 0 radical (unpaired) electrons. The molecule has 3 heterocycles. The third-order valence-electron chi connectivity index (χ3n) is 4.81. The summed E-state index contributed by atoms with van der Waals surface area (Å²) in [6.07, 6.45) is 1.98. The van der Waals surface area contributed by atoms with Crippen LogP contribution in [-0.2, 0) is 6.54 Å². The number of likely N-dealkylation sites (tertiary alicyclic amines) is 1. The SMILES string of the molecule is O=C(Nc1nnc(NC2CCN(Cc3ccccc3)CC2)s1)c1ccc([N+](=O)[O-])o1. The molecule has 0 saturated carbocycles. The van der Waals surface area contributed by atoms with E-state index in [1.807, 2.05) is 6.07 Å². The van der Waals surface area contributed by atoms with Crippen molar-refractivity contribution in [2.45, 2.75) is 25.4 Å². The van der Waals surface area contributed by atoms with E-state index in [0.717, 1.165) is 38.5 Å². The summed E-state index contributed by atoms with van der Waals surface area (Å²) in [6, 6.07) is 13.1. The summed E-state index contributed by atoms with van der Waals surface area (Å²) in [5, 5.41) is 25.5. The number of nitro groups is 1. The van der Waals surface area contributed by atoms with E-state index in [0.29, 0.717) is 16.3 Å². The lowest BCUT2D eigenvalue weighted by Crippen LogP contribution is -2.38. The molecular formula is C19H20N6O4S. The van der Waals surface area contributed by atoms with E-state index < -0.39 is 16.7 Å². The van der Waals surface area contributed by atoms with Gasteiger partial charge >= 0.3 is 5.88 Å². The minimum Gasteiger partial charge on any atom is -0.395 e. The first kappa shape index (κ1) is 20.0. The van der Waals surface area contributed by atoms with Gasteiger partial charge in [0.25, 0.3) is 5.91 Å². The van der Waals surface area contributed by atoms with Crippen molar-refractivity contribution in [2.75, 3.05) is 23.7 Å². The monoisotopic (exact) mass is 428 g/mol. The van der Waals surface area contributed by atoms with E-state index in [1.54, 1.807) is 0 Å². The molecule has 1 amide bonds. The van der Waals surface area contributed by atoms with Crippen LogP contribution in [-0.4, -0.2) is 45.1 Å². The number of nitrogens with one attached hydrogen (secondary N) is 2. The summed E-state index contributed by atoms with van der Waals surface area (Å²) in [5.41, 5.74) is 1.32. The Balaban J connectivity index is 1.25. The maximum absolute atomic E-state index is 12.1. The van der Waals surface area contributed by atoms with Crippen LogP contribution in [0.25, 0.3) is 0 Å². The molecule has 1 aliphatic rings. The lowest BCUT2D eigenvalue weighted by atomic mass is 10.0. The van der Waals surface area contributed by atoms with Gasteiger partial charge in [-0.25, -0.2) is 0 Å². The van der Waals surface area contributed by atoms with Gasteiger partial charge in [-0.05, 0) is 24.5 Å². The van der Waals surface area contributed by atoms with E-state index in [4.69, 9.17) is 4.42 Å². The molecule has 0 spiro atoms. The van der Waals surface area contributed by atoms with Crippen molar-refractivity contribution in [3.63, 3.8) is 0 Å². The van der Waals surface area contributed by atoms with Gasteiger partial charge in [-0.1, -0.05) is 41.7 Å². The van der Waals surface area contributed by atoms with Crippen molar-refractivity contribution in [1.29, 1.82) is 0 Å². The van der Waals surface area contributed by atoms with Crippen LogP contribution in [0.15, 0.2) is 46.9 Å². The second kappa shape index (κ2) is 9.01. The van der Waals surface area contributed by atoms with Crippen LogP contribution in [0.5, 0.6) is 0 Å². The van der Waals surface area contributed by atoms with Crippen LogP contribution >= 0.6 is 11.3 Å². The second-order valence-electron chi connectivity index (χ2n) is 6.94. The third kappa shape index (κ3) is 4.99. The number of piperidine rings is 1. The minimum atomic E-state index is -0.699. The maximum atomic E-state index is 12.1. The van der Waals surface area contributed by atoms with Crippen molar-refractivity contribution in [3.05, 3.63) is 63.9 Å². The normalized spacial score (nSPS) is 15.1. The van der Waals surface area contributed by atoms with E-state index in [1.165, 1.54) is 23.0 Å². The molecule has 1 aromatic carbocycles. The molecule has 0 atom stereocenters. The molecule has 3 aromatic rings. The summed E-state index contributed by atoms with van der Waals surface area (Å²) in [7, 11) is 0. The molecule has 4 rings (SSSR count). The van der Waals surface area contributed by atoms with E-state index in [-0.39, 0.29) is 5.76 Å². The molecule has 1 saturated heterocycles. The molecule has 1 fully saturated rings. The second-order valence-corrected chi connectivity index (χ2v) is 7.92. The van der Waals surface area contributed by atoms with Gasteiger partial charge in [0, 0.05) is 25.7 Å². The van der Waals surface area contributed by atoms with Crippen LogP contribution < -0.4 is 10.6 Å². The average molecular weight is 428 g/mol. The molecule has 1 aliphatic heterocycles. The number of carbonyl (C=O) groups is 1. The number of hydrogen-bond donors (Lipinski definition) is 2. The topological polar surface area (TPSA) is 126 Å². The summed E-state index contributed by atoms with van der Waals surface area (Å²) in [4.78, 5) is 24.5. The summed E-state index contributed by atoms with van der Waals surface area (Å²) >= 11 is 1.21. The number of carbonyl (C=O) groups excluding carboxylic acids is 1. The quantitative estimate of drug-likeness (QED) is 0.433. The number of nitrogens with zero attached hydrogens (tertiary/aromatic N) is 4. The van der Waals surface area contributed by atoms with Gasteiger partial charge in [0.15, 0.2) is 5.76 Å². The molecule has 0 aliphatic carbocycles. The average Bonchev–Trinajstić information content (AvgIpc) is 3.40.